The van der Waals surface area contributed by atoms with Crippen molar-refractivity contribution in [3.8, 4) is 0 Å². The maximum Gasteiger partial charge on any atom is 0.165 e. The molecule has 2 heterocycles. The largest absolute Gasteiger partial charge is 0.323 e. The number of hydrogen-bond acceptors (Lipinski definition) is 1. The number of nitrogens with zero attached hydrogens (tertiary/aromatic N) is 1. The van der Waals surface area contributed by atoms with E-state index in [-0.39, 0.29) is 5.78 Å². The van der Waals surface area contributed by atoms with Crippen molar-refractivity contribution < 1.29 is 4.79 Å². The van der Waals surface area contributed by atoms with Crippen LogP contribution in [0.5, 0.6) is 0 Å². The Bertz CT molecular complexity index is 470. The van der Waals surface area contributed by atoms with Crippen LogP contribution in [0.2, 0.25) is 0 Å². The summed E-state index contributed by atoms with van der Waals surface area (Å²) < 4.78 is 1.99. The van der Waals surface area contributed by atoms with Crippen LogP contribution in [0.1, 0.15) is 36.5 Å². The Hall–Kier alpha value is -1.57. The molecule has 0 aliphatic carbocycles. The summed E-state index contributed by atoms with van der Waals surface area (Å²) in [5.41, 5.74) is 1.86. The highest BCUT2D eigenvalue weighted by Gasteiger charge is 2.09. The number of carbonyl (C=O) groups excluding carboxylic acids is 1. The molecule has 2 aromatic heterocycles. The van der Waals surface area contributed by atoms with Crippen LogP contribution < -0.4 is 0 Å². The van der Waals surface area contributed by atoms with Gasteiger partial charge in [-0.15, -0.1) is 0 Å². The molecule has 78 valence electrons. The molecule has 0 saturated heterocycles. The standard InChI is InChI=1S/C13H15NO/c1-2-3-7-13(15)11-8-10-14-9-5-4-6-12(11)14/h4-6,8-10H,2-3,7H2,1H3. The lowest BCUT2D eigenvalue weighted by Crippen LogP contribution is -1.97. The Morgan fingerprint density at radius 1 is 1.27 bits per heavy atom. The molecule has 0 N–H and O–H groups in total. The molecule has 0 fully saturated rings. The van der Waals surface area contributed by atoms with Gasteiger partial charge in [0.2, 0.25) is 0 Å². The fourth-order valence-corrected chi connectivity index (χ4v) is 1.76. The van der Waals surface area contributed by atoms with E-state index in [1.807, 2.05) is 41.1 Å². The first-order chi connectivity index (χ1) is 7.33. The molecule has 0 unspecified atom stereocenters. The number of unbranched alkanes of at least 4 members (excludes halogenated alkanes) is 1. The van der Waals surface area contributed by atoms with Crippen molar-refractivity contribution in [3.05, 3.63) is 42.2 Å². The van der Waals surface area contributed by atoms with Gasteiger partial charge in [-0.2, -0.15) is 0 Å². The molecule has 0 aromatic carbocycles. The molecule has 15 heavy (non-hydrogen) atoms. The lowest BCUT2D eigenvalue weighted by atomic mass is 10.1. The molecule has 0 bridgehead atoms. The van der Waals surface area contributed by atoms with Gasteiger partial charge < -0.3 is 4.40 Å². The van der Waals surface area contributed by atoms with Gasteiger partial charge in [0.25, 0.3) is 0 Å². The first kappa shape index (κ1) is 9.97. The van der Waals surface area contributed by atoms with Crippen LogP contribution in [0.4, 0.5) is 0 Å². The van der Waals surface area contributed by atoms with Gasteiger partial charge in [0.05, 0.1) is 5.52 Å². The fraction of sp³-hybridized carbons (Fsp3) is 0.308. The predicted molar refractivity (Wildman–Crippen MR) is 61.3 cm³/mol. The first-order valence-electron chi connectivity index (χ1n) is 5.42. The zero-order valence-electron chi connectivity index (χ0n) is 8.94. The van der Waals surface area contributed by atoms with E-state index in [0.717, 1.165) is 23.9 Å². The van der Waals surface area contributed by atoms with Crippen molar-refractivity contribution >= 4 is 11.3 Å². The zero-order chi connectivity index (χ0) is 10.7. The summed E-state index contributed by atoms with van der Waals surface area (Å²) >= 11 is 0. The lowest BCUT2D eigenvalue weighted by Gasteiger charge is -1.98. The second kappa shape index (κ2) is 4.30. The Morgan fingerprint density at radius 2 is 2.13 bits per heavy atom. The summed E-state index contributed by atoms with van der Waals surface area (Å²) in [4.78, 5) is 11.9. The number of fused-ring (bicyclic) bond motifs is 1. The van der Waals surface area contributed by atoms with Gasteiger partial charge in [0.1, 0.15) is 0 Å². The SMILES string of the molecule is CCCCC(=O)c1ccn2ccccc12. The summed E-state index contributed by atoms with van der Waals surface area (Å²) in [6.45, 7) is 2.10. The number of ketones is 1. The summed E-state index contributed by atoms with van der Waals surface area (Å²) in [6, 6.07) is 7.83. The van der Waals surface area contributed by atoms with E-state index in [1.54, 1.807) is 0 Å². The van der Waals surface area contributed by atoms with E-state index in [4.69, 9.17) is 0 Å². The first-order valence-corrected chi connectivity index (χ1v) is 5.42. The topological polar surface area (TPSA) is 21.5 Å². The molecule has 0 saturated carbocycles. The van der Waals surface area contributed by atoms with Crippen molar-refractivity contribution in [1.29, 1.82) is 0 Å². The van der Waals surface area contributed by atoms with Gasteiger partial charge in [0.15, 0.2) is 5.78 Å². The third kappa shape index (κ3) is 1.94. The zero-order valence-corrected chi connectivity index (χ0v) is 8.94. The predicted octanol–water partition coefficient (Wildman–Crippen LogP) is 3.31. The van der Waals surface area contributed by atoms with Crippen molar-refractivity contribution in [2.75, 3.05) is 0 Å². The third-order valence-corrected chi connectivity index (χ3v) is 2.63. The maximum absolute atomic E-state index is 11.9. The minimum absolute atomic E-state index is 0.255. The second-order valence-electron chi connectivity index (χ2n) is 3.75. The summed E-state index contributed by atoms with van der Waals surface area (Å²) in [6.07, 6.45) is 6.60. The van der Waals surface area contributed by atoms with Crippen molar-refractivity contribution in [3.63, 3.8) is 0 Å². The van der Waals surface area contributed by atoms with Crippen LogP contribution in [0, 0.1) is 0 Å². The van der Waals surface area contributed by atoms with Gasteiger partial charge in [0, 0.05) is 24.4 Å². The highest BCUT2D eigenvalue weighted by molar-refractivity contribution is 6.02. The van der Waals surface area contributed by atoms with Crippen LogP contribution >= 0.6 is 0 Å². The van der Waals surface area contributed by atoms with Crippen LogP contribution in [0.15, 0.2) is 36.7 Å². The monoisotopic (exact) mass is 201 g/mol. The number of Topliss-reactive ketones (excluding diaryl/α,β-unsaturated/α-hetero) is 1. The van der Waals surface area contributed by atoms with Gasteiger partial charge in [-0.25, -0.2) is 0 Å². The molecular formula is C13H15NO. The number of hydrogen-bond donors (Lipinski definition) is 0. The van der Waals surface area contributed by atoms with Gasteiger partial charge in [-0.3, -0.25) is 4.79 Å². The molecule has 2 rings (SSSR count). The van der Waals surface area contributed by atoms with Gasteiger partial charge in [-0.1, -0.05) is 19.4 Å². The summed E-state index contributed by atoms with van der Waals surface area (Å²) in [5, 5.41) is 0. The highest BCUT2D eigenvalue weighted by Crippen LogP contribution is 2.15. The normalized spacial score (nSPS) is 10.7. The second-order valence-corrected chi connectivity index (χ2v) is 3.75. The molecular weight excluding hydrogens is 186 g/mol. The molecule has 0 aliphatic rings. The van der Waals surface area contributed by atoms with Crippen molar-refractivity contribution in [2.24, 2.45) is 0 Å². The number of rotatable bonds is 4. The van der Waals surface area contributed by atoms with Gasteiger partial charge in [-0.05, 0) is 24.6 Å². The Kier molecular flexibility index (Phi) is 2.86. The van der Waals surface area contributed by atoms with Crippen LogP contribution in [0.3, 0.4) is 0 Å². The molecule has 0 atom stereocenters. The minimum Gasteiger partial charge on any atom is -0.323 e. The molecule has 2 nitrogen and oxygen atoms in total. The Balaban J connectivity index is 2.31. The quantitative estimate of drug-likeness (QED) is 0.695. The van der Waals surface area contributed by atoms with Crippen molar-refractivity contribution in [1.82, 2.24) is 4.40 Å². The average Bonchev–Trinajstić information content (AvgIpc) is 2.69. The summed E-state index contributed by atoms with van der Waals surface area (Å²) in [7, 11) is 0. The van der Waals surface area contributed by atoms with Crippen LogP contribution in [0.25, 0.3) is 5.52 Å². The van der Waals surface area contributed by atoms with E-state index in [9.17, 15) is 4.79 Å². The van der Waals surface area contributed by atoms with Gasteiger partial charge >= 0.3 is 0 Å². The van der Waals surface area contributed by atoms with E-state index in [0.29, 0.717) is 6.42 Å². The van der Waals surface area contributed by atoms with Crippen LogP contribution in [-0.2, 0) is 0 Å². The van der Waals surface area contributed by atoms with E-state index >= 15 is 0 Å². The molecule has 0 aliphatic heterocycles. The lowest BCUT2D eigenvalue weighted by molar-refractivity contribution is 0.0981. The highest BCUT2D eigenvalue weighted by atomic mass is 16.1. The van der Waals surface area contributed by atoms with Crippen LogP contribution in [-0.4, -0.2) is 10.2 Å². The average molecular weight is 201 g/mol. The third-order valence-electron chi connectivity index (χ3n) is 2.63. The maximum atomic E-state index is 11.9. The number of pyridine rings is 1. The van der Waals surface area contributed by atoms with E-state index in [2.05, 4.69) is 6.92 Å². The molecule has 0 radical (unpaired) electrons. The number of carbonyl (C=O) groups is 1. The van der Waals surface area contributed by atoms with Crippen molar-refractivity contribution in [2.45, 2.75) is 26.2 Å². The smallest absolute Gasteiger partial charge is 0.165 e. The molecule has 2 heteroatoms. The number of aromatic nitrogens is 1. The summed E-state index contributed by atoms with van der Waals surface area (Å²) in [5.74, 6) is 0.255. The minimum atomic E-state index is 0.255. The molecule has 2 aromatic rings. The Morgan fingerprint density at radius 3 is 2.93 bits per heavy atom. The fourth-order valence-electron chi connectivity index (χ4n) is 1.76. The molecule has 0 amide bonds. The van der Waals surface area contributed by atoms with E-state index < -0.39 is 0 Å². The van der Waals surface area contributed by atoms with E-state index in [1.165, 1.54) is 0 Å². The molecule has 0 spiro atoms. The Labute approximate surface area is 89.5 Å².